The predicted molar refractivity (Wildman–Crippen MR) is 95.9 cm³/mol. The standard InChI is InChI=1S/C12H24BO6P.2C2H4/c1-7(2)16-6-10-11(9(5)12(13)17-10)19-20(14,15)18-8(3)4;2*1-2/h7-12H,6H2,1-5H3,(H,14,15);2*1-2H2/p-1/t9-,10-,11+,12-;;/m1../s1. The Kier molecular flexibility index (Phi) is 13.8. The monoisotopic (exact) mass is 361 g/mol. The molecule has 0 saturated carbocycles. The van der Waals surface area contributed by atoms with Crippen molar-refractivity contribution in [2.45, 2.75) is 65.0 Å². The summed E-state index contributed by atoms with van der Waals surface area (Å²) in [5, 5.41) is 0. The second-order valence-electron chi connectivity index (χ2n) is 5.55. The molecule has 1 aliphatic heterocycles. The van der Waals surface area contributed by atoms with E-state index >= 15 is 0 Å². The number of phosphoric acid groups is 1. The molecule has 140 valence electrons. The van der Waals surface area contributed by atoms with E-state index in [1.54, 1.807) is 20.8 Å². The molecule has 1 heterocycles. The predicted octanol–water partition coefficient (Wildman–Crippen LogP) is 2.82. The van der Waals surface area contributed by atoms with Crippen LogP contribution in [0.25, 0.3) is 0 Å². The average Bonchev–Trinajstić information content (AvgIpc) is 2.75. The van der Waals surface area contributed by atoms with Gasteiger partial charge in [-0.15, -0.1) is 26.3 Å². The Balaban J connectivity index is 0. The van der Waals surface area contributed by atoms with Crippen LogP contribution in [0.2, 0.25) is 0 Å². The lowest BCUT2D eigenvalue weighted by molar-refractivity contribution is -0.235. The molecule has 5 atom stereocenters. The topological polar surface area (TPSA) is 77.1 Å². The Hall–Kier alpha value is -0.425. The average molecular weight is 361 g/mol. The van der Waals surface area contributed by atoms with E-state index in [-0.39, 0.29) is 18.6 Å². The Bertz CT molecular complexity index is 378. The second-order valence-corrected chi connectivity index (χ2v) is 6.87. The summed E-state index contributed by atoms with van der Waals surface area (Å²) in [7, 11) is 1.41. The summed E-state index contributed by atoms with van der Waals surface area (Å²) in [5.41, 5.74) is 0. The van der Waals surface area contributed by atoms with Gasteiger partial charge in [-0.2, -0.15) is 0 Å². The van der Waals surface area contributed by atoms with Gasteiger partial charge in [0.2, 0.25) is 0 Å². The maximum atomic E-state index is 11.8. The van der Waals surface area contributed by atoms with Crippen LogP contribution in [-0.4, -0.2) is 44.9 Å². The molecule has 0 spiro atoms. The lowest BCUT2D eigenvalue weighted by Crippen LogP contribution is -2.34. The van der Waals surface area contributed by atoms with Crippen molar-refractivity contribution in [2.75, 3.05) is 6.61 Å². The molecular weight excluding hydrogens is 330 g/mol. The van der Waals surface area contributed by atoms with Crippen molar-refractivity contribution >= 4 is 15.7 Å². The first kappa shape index (κ1) is 25.8. The fourth-order valence-corrected chi connectivity index (χ4v) is 3.14. The molecule has 0 aromatic heterocycles. The minimum atomic E-state index is -4.39. The maximum Gasteiger partial charge on any atom is 0.268 e. The van der Waals surface area contributed by atoms with Crippen molar-refractivity contribution in [2.24, 2.45) is 5.92 Å². The van der Waals surface area contributed by atoms with Gasteiger partial charge in [0.1, 0.15) is 14.0 Å². The summed E-state index contributed by atoms with van der Waals surface area (Å²) in [5.74, 6) is -0.270. The largest absolute Gasteiger partial charge is 0.756 e. The summed E-state index contributed by atoms with van der Waals surface area (Å²) in [6, 6.07) is -0.584. The zero-order chi connectivity index (χ0) is 19.5. The third kappa shape index (κ3) is 9.77. The molecule has 8 heteroatoms. The van der Waals surface area contributed by atoms with Crippen LogP contribution < -0.4 is 4.89 Å². The van der Waals surface area contributed by atoms with Crippen LogP contribution in [0.1, 0.15) is 34.6 Å². The molecule has 1 unspecified atom stereocenters. The van der Waals surface area contributed by atoms with Crippen LogP contribution in [-0.2, 0) is 23.1 Å². The van der Waals surface area contributed by atoms with Crippen LogP contribution in [0.3, 0.4) is 0 Å². The van der Waals surface area contributed by atoms with Gasteiger partial charge in [0.25, 0.3) is 7.82 Å². The van der Waals surface area contributed by atoms with Crippen LogP contribution in [0.4, 0.5) is 0 Å². The Morgan fingerprint density at radius 3 is 2.08 bits per heavy atom. The van der Waals surface area contributed by atoms with Gasteiger partial charge < -0.3 is 23.4 Å². The van der Waals surface area contributed by atoms with Crippen LogP contribution >= 0.6 is 7.82 Å². The number of rotatable bonds is 7. The molecular formula is C16H31BO6P-. The highest BCUT2D eigenvalue weighted by Gasteiger charge is 2.42. The van der Waals surface area contributed by atoms with Crippen LogP contribution in [0.15, 0.2) is 26.3 Å². The second kappa shape index (κ2) is 12.9. The van der Waals surface area contributed by atoms with E-state index < -0.39 is 32.1 Å². The van der Waals surface area contributed by atoms with Gasteiger partial charge in [0.05, 0.1) is 24.9 Å². The van der Waals surface area contributed by atoms with E-state index in [1.807, 2.05) is 13.8 Å². The first-order chi connectivity index (χ1) is 11.1. The summed E-state index contributed by atoms with van der Waals surface area (Å²) in [6.07, 6.45) is -1.70. The van der Waals surface area contributed by atoms with Crippen molar-refractivity contribution in [3.8, 4) is 0 Å². The molecule has 0 N–H and O–H groups in total. The van der Waals surface area contributed by atoms with Gasteiger partial charge in [0, 0.05) is 11.9 Å². The molecule has 0 aromatic carbocycles. The zero-order valence-corrected chi connectivity index (χ0v) is 16.4. The van der Waals surface area contributed by atoms with Gasteiger partial charge in [-0.3, -0.25) is 4.57 Å². The van der Waals surface area contributed by atoms with Crippen LogP contribution in [0.5, 0.6) is 0 Å². The first-order valence-electron chi connectivity index (χ1n) is 7.83. The lowest BCUT2D eigenvalue weighted by atomic mass is 9.86. The Labute approximate surface area is 148 Å². The van der Waals surface area contributed by atoms with Gasteiger partial charge in [-0.05, 0) is 27.7 Å². The Morgan fingerprint density at radius 1 is 1.17 bits per heavy atom. The van der Waals surface area contributed by atoms with Crippen molar-refractivity contribution < 1.29 is 28.0 Å². The number of phosphoric ester groups is 1. The fraction of sp³-hybridized carbons (Fsp3) is 0.750. The van der Waals surface area contributed by atoms with Crippen molar-refractivity contribution in [3.63, 3.8) is 0 Å². The SMILES string of the molecule is C=C.C=C.[B][C@@H]1O[C@H](COC(C)C)[C@@H](OP(=O)([O-])OC(C)C)[C@H]1C. The van der Waals surface area contributed by atoms with Gasteiger partial charge >= 0.3 is 0 Å². The quantitative estimate of drug-likeness (QED) is 0.394. The highest BCUT2D eigenvalue weighted by Crippen LogP contribution is 2.45. The van der Waals surface area contributed by atoms with E-state index in [1.165, 1.54) is 0 Å². The molecule has 0 amide bonds. The highest BCUT2D eigenvalue weighted by atomic mass is 31.2. The highest BCUT2D eigenvalue weighted by molar-refractivity contribution is 7.45. The molecule has 0 bridgehead atoms. The normalized spacial score (nSPS) is 28.5. The summed E-state index contributed by atoms with van der Waals surface area (Å²) in [4.78, 5) is 11.8. The Morgan fingerprint density at radius 2 is 1.67 bits per heavy atom. The molecule has 0 aliphatic carbocycles. The fourth-order valence-electron chi connectivity index (χ4n) is 1.95. The van der Waals surface area contributed by atoms with E-state index in [0.29, 0.717) is 0 Å². The molecule has 2 radical (unpaired) electrons. The summed E-state index contributed by atoms with van der Waals surface area (Å²) >= 11 is 0. The summed E-state index contributed by atoms with van der Waals surface area (Å²) in [6.45, 7) is 21.0. The first-order valence-corrected chi connectivity index (χ1v) is 9.29. The van der Waals surface area contributed by atoms with E-state index in [9.17, 15) is 9.46 Å². The molecule has 1 saturated heterocycles. The minimum Gasteiger partial charge on any atom is -0.756 e. The van der Waals surface area contributed by atoms with Crippen molar-refractivity contribution in [1.82, 2.24) is 0 Å². The van der Waals surface area contributed by atoms with E-state index in [0.717, 1.165) is 0 Å². The van der Waals surface area contributed by atoms with Crippen LogP contribution in [0, 0.1) is 5.92 Å². The van der Waals surface area contributed by atoms with Crippen molar-refractivity contribution in [1.29, 1.82) is 0 Å². The lowest BCUT2D eigenvalue weighted by Gasteiger charge is -2.31. The van der Waals surface area contributed by atoms with Gasteiger partial charge in [-0.1, -0.05) is 6.92 Å². The molecule has 1 rings (SSSR count). The third-order valence-corrected chi connectivity index (χ3v) is 4.10. The number of hydrogen-bond donors (Lipinski definition) is 0. The zero-order valence-electron chi connectivity index (χ0n) is 15.5. The molecule has 1 aliphatic rings. The molecule has 1 fully saturated rings. The molecule has 0 aromatic rings. The minimum absolute atomic E-state index is 0.0114. The molecule has 6 nitrogen and oxygen atoms in total. The van der Waals surface area contributed by atoms with E-state index in [4.69, 9.17) is 26.4 Å². The van der Waals surface area contributed by atoms with Gasteiger partial charge in [0.15, 0.2) is 0 Å². The number of hydrogen-bond acceptors (Lipinski definition) is 6. The van der Waals surface area contributed by atoms with Crippen molar-refractivity contribution in [3.05, 3.63) is 26.3 Å². The van der Waals surface area contributed by atoms with Gasteiger partial charge in [-0.25, -0.2) is 0 Å². The maximum absolute atomic E-state index is 11.8. The third-order valence-electron chi connectivity index (χ3n) is 2.92. The smallest absolute Gasteiger partial charge is 0.268 e. The summed E-state index contributed by atoms with van der Waals surface area (Å²) < 4.78 is 32.7. The number of ether oxygens (including phenoxy) is 2. The molecule has 24 heavy (non-hydrogen) atoms. The van der Waals surface area contributed by atoms with E-state index in [2.05, 4.69) is 26.3 Å².